The normalized spacial score (nSPS) is 11.1. The van der Waals surface area contributed by atoms with Crippen molar-refractivity contribution in [2.45, 2.75) is 19.8 Å². The number of nitrogens with zero attached hydrogens (tertiary/aromatic N) is 1. The number of benzene rings is 1. The van der Waals surface area contributed by atoms with Gasteiger partial charge in [0.05, 0.1) is 0 Å². The van der Waals surface area contributed by atoms with E-state index >= 15 is 0 Å². The molecule has 0 saturated carbocycles. The van der Waals surface area contributed by atoms with Crippen molar-refractivity contribution in [1.29, 1.82) is 0 Å². The second-order valence-corrected chi connectivity index (χ2v) is 3.80. The van der Waals surface area contributed by atoms with E-state index in [1.807, 2.05) is 30.5 Å². The standard InChI is InChI=1S/C12H12BN/c1-8(2)12-11(13)10-6-4-3-5-9(10)7-14-12/h3-8H,1-2H3. The molecule has 68 valence electrons. The third kappa shape index (κ3) is 1.41. The Hall–Kier alpha value is -1.31. The summed E-state index contributed by atoms with van der Waals surface area (Å²) >= 11 is 0. The van der Waals surface area contributed by atoms with Crippen molar-refractivity contribution in [3.8, 4) is 0 Å². The van der Waals surface area contributed by atoms with Gasteiger partial charge in [0.25, 0.3) is 0 Å². The molecule has 0 spiro atoms. The van der Waals surface area contributed by atoms with Crippen molar-refractivity contribution in [3.05, 3.63) is 36.2 Å². The van der Waals surface area contributed by atoms with E-state index in [1.165, 1.54) is 0 Å². The summed E-state index contributed by atoms with van der Waals surface area (Å²) in [5, 5.41) is 2.21. The average molecular weight is 181 g/mol. The van der Waals surface area contributed by atoms with Crippen LogP contribution in [0.4, 0.5) is 0 Å². The van der Waals surface area contributed by atoms with Gasteiger partial charge in [0.2, 0.25) is 0 Å². The number of fused-ring (bicyclic) bond motifs is 1. The molecule has 2 rings (SSSR count). The van der Waals surface area contributed by atoms with Gasteiger partial charge in [-0.3, -0.25) is 4.98 Å². The maximum Gasteiger partial charge on any atom is 0.117 e. The Morgan fingerprint density at radius 1 is 1.21 bits per heavy atom. The van der Waals surface area contributed by atoms with Crippen LogP contribution in [0.2, 0.25) is 0 Å². The van der Waals surface area contributed by atoms with E-state index in [4.69, 9.17) is 7.85 Å². The molecule has 1 heterocycles. The Morgan fingerprint density at radius 2 is 1.93 bits per heavy atom. The minimum absolute atomic E-state index is 0.375. The molecule has 1 aromatic carbocycles. The molecule has 0 amide bonds. The van der Waals surface area contributed by atoms with Crippen LogP contribution >= 0.6 is 0 Å². The van der Waals surface area contributed by atoms with Gasteiger partial charge in [0, 0.05) is 11.9 Å². The molecule has 0 saturated heterocycles. The molecule has 0 aliphatic carbocycles. The highest BCUT2D eigenvalue weighted by Crippen LogP contribution is 2.15. The van der Waals surface area contributed by atoms with Gasteiger partial charge in [0.1, 0.15) is 7.85 Å². The molecule has 1 nitrogen and oxygen atoms in total. The Morgan fingerprint density at radius 3 is 2.64 bits per heavy atom. The second kappa shape index (κ2) is 3.45. The summed E-state index contributed by atoms with van der Waals surface area (Å²) in [5.74, 6) is 0.375. The van der Waals surface area contributed by atoms with Crippen LogP contribution in [0.25, 0.3) is 10.8 Å². The van der Waals surface area contributed by atoms with Crippen molar-refractivity contribution in [2.24, 2.45) is 0 Å². The first-order chi connectivity index (χ1) is 6.70. The number of aromatic nitrogens is 1. The fourth-order valence-corrected chi connectivity index (χ4v) is 1.66. The van der Waals surface area contributed by atoms with Crippen LogP contribution in [0.15, 0.2) is 30.5 Å². The average Bonchev–Trinajstić information content (AvgIpc) is 2.18. The van der Waals surface area contributed by atoms with E-state index < -0.39 is 0 Å². The predicted molar refractivity (Wildman–Crippen MR) is 61.2 cm³/mol. The lowest BCUT2D eigenvalue weighted by Gasteiger charge is -2.11. The van der Waals surface area contributed by atoms with Crippen molar-refractivity contribution in [1.82, 2.24) is 4.98 Å². The van der Waals surface area contributed by atoms with E-state index in [9.17, 15) is 0 Å². The zero-order chi connectivity index (χ0) is 10.1. The molecule has 0 aliphatic rings. The summed E-state index contributed by atoms with van der Waals surface area (Å²) in [5.41, 5.74) is 1.81. The molecule has 0 aliphatic heterocycles. The second-order valence-electron chi connectivity index (χ2n) is 3.80. The topological polar surface area (TPSA) is 12.9 Å². The van der Waals surface area contributed by atoms with Crippen molar-refractivity contribution < 1.29 is 0 Å². The van der Waals surface area contributed by atoms with Crippen LogP contribution in [0.1, 0.15) is 25.5 Å². The first kappa shape index (κ1) is 9.26. The van der Waals surface area contributed by atoms with Gasteiger partial charge in [0.15, 0.2) is 0 Å². The summed E-state index contributed by atoms with van der Waals surface area (Å²) in [7, 11) is 6.06. The van der Waals surface area contributed by atoms with Crippen LogP contribution in [0.3, 0.4) is 0 Å². The SMILES string of the molecule is [B]c1c(C(C)C)ncc2ccccc12. The largest absolute Gasteiger partial charge is 0.261 e. The minimum Gasteiger partial charge on any atom is -0.261 e. The zero-order valence-corrected chi connectivity index (χ0v) is 8.49. The zero-order valence-electron chi connectivity index (χ0n) is 8.49. The van der Waals surface area contributed by atoms with Crippen molar-refractivity contribution >= 4 is 24.1 Å². The highest BCUT2D eigenvalue weighted by Gasteiger charge is 2.06. The lowest BCUT2D eigenvalue weighted by molar-refractivity contribution is 0.833. The van der Waals surface area contributed by atoms with E-state index in [0.29, 0.717) is 5.92 Å². The van der Waals surface area contributed by atoms with Crippen LogP contribution in [0.5, 0.6) is 0 Å². The monoisotopic (exact) mass is 181 g/mol. The minimum atomic E-state index is 0.375. The maximum absolute atomic E-state index is 6.06. The number of rotatable bonds is 1. The Labute approximate surface area is 85.6 Å². The fourth-order valence-electron chi connectivity index (χ4n) is 1.66. The molecule has 2 heteroatoms. The molecule has 1 aromatic heterocycles. The van der Waals surface area contributed by atoms with Crippen molar-refractivity contribution in [2.75, 3.05) is 0 Å². The Kier molecular flexibility index (Phi) is 2.28. The van der Waals surface area contributed by atoms with E-state index in [1.54, 1.807) is 0 Å². The van der Waals surface area contributed by atoms with Crippen LogP contribution < -0.4 is 5.46 Å². The first-order valence-corrected chi connectivity index (χ1v) is 4.83. The summed E-state index contributed by atoms with van der Waals surface area (Å²) in [6.45, 7) is 4.21. The fraction of sp³-hybridized carbons (Fsp3) is 0.250. The summed E-state index contributed by atoms with van der Waals surface area (Å²) in [4.78, 5) is 4.38. The molecule has 0 N–H and O–H groups in total. The van der Waals surface area contributed by atoms with Gasteiger partial charge in [-0.05, 0) is 16.7 Å². The van der Waals surface area contributed by atoms with Crippen molar-refractivity contribution in [3.63, 3.8) is 0 Å². The summed E-state index contributed by atoms with van der Waals surface area (Å²) in [6.07, 6.45) is 1.89. The number of hydrogen-bond acceptors (Lipinski definition) is 1. The van der Waals surface area contributed by atoms with Gasteiger partial charge < -0.3 is 0 Å². The molecule has 2 radical (unpaired) electrons. The smallest absolute Gasteiger partial charge is 0.117 e. The highest BCUT2D eigenvalue weighted by molar-refractivity contribution is 6.39. The van der Waals surface area contributed by atoms with Gasteiger partial charge in [-0.25, -0.2) is 0 Å². The number of pyridine rings is 1. The maximum atomic E-state index is 6.06. The van der Waals surface area contributed by atoms with Crippen LogP contribution in [-0.2, 0) is 0 Å². The third-order valence-corrected chi connectivity index (χ3v) is 2.42. The molecule has 0 atom stereocenters. The summed E-state index contributed by atoms with van der Waals surface area (Å²) < 4.78 is 0. The molecule has 0 fully saturated rings. The lowest BCUT2D eigenvalue weighted by Crippen LogP contribution is -2.15. The summed E-state index contributed by atoms with van der Waals surface area (Å²) in [6, 6.07) is 8.07. The predicted octanol–water partition coefficient (Wildman–Crippen LogP) is 2.15. The van der Waals surface area contributed by atoms with E-state index in [2.05, 4.69) is 18.8 Å². The molecule has 0 unspecified atom stereocenters. The van der Waals surface area contributed by atoms with Gasteiger partial charge >= 0.3 is 0 Å². The first-order valence-electron chi connectivity index (χ1n) is 4.83. The third-order valence-electron chi connectivity index (χ3n) is 2.42. The van der Waals surface area contributed by atoms with Gasteiger partial charge in [-0.2, -0.15) is 0 Å². The number of hydrogen-bond donors (Lipinski definition) is 0. The van der Waals surface area contributed by atoms with Crippen LogP contribution in [0, 0.1) is 0 Å². The highest BCUT2D eigenvalue weighted by atomic mass is 14.7. The van der Waals surface area contributed by atoms with E-state index in [-0.39, 0.29) is 0 Å². The molecular formula is C12H12BN. The van der Waals surface area contributed by atoms with E-state index in [0.717, 1.165) is 21.9 Å². The van der Waals surface area contributed by atoms with Gasteiger partial charge in [-0.1, -0.05) is 43.6 Å². The quantitative estimate of drug-likeness (QED) is 0.614. The van der Waals surface area contributed by atoms with Crippen LogP contribution in [-0.4, -0.2) is 12.8 Å². The molecule has 0 bridgehead atoms. The van der Waals surface area contributed by atoms with Gasteiger partial charge in [-0.15, -0.1) is 0 Å². The Balaban J connectivity index is 2.75. The molecular weight excluding hydrogens is 169 g/mol. The molecule has 2 aromatic rings. The Bertz CT molecular complexity index is 463. The molecule has 14 heavy (non-hydrogen) atoms. The lowest BCUT2D eigenvalue weighted by atomic mass is 9.85.